The monoisotopic (exact) mass is 514 g/mol. The van der Waals surface area contributed by atoms with Crippen LogP contribution in [0.5, 0.6) is 5.88 Å². The van der Waals surface area contributed by atoms with E-state index >= 15 is 0 Å². The average Bonchev–Trinajstić information content (AvgIpc) is 2.91. The molecule has 0 amide bonds. The number of rotatable bonds is 10. The molecule has 0 radical (unpaired) electrons. The Balaban J connectivity index is 1.40. The molecule has 2 aliphatic rings. The van der Waals surface area contributed by atoms with Crippen LogP contribution < -0.4 is 10.1 Å². The minimum absolute atomic E-state index is 0.110. The van der Waals surface area contributed by atoms with E-state index in [9.17, 15) is 10.4 Å². The van der Waals surface area contributed by atoms with Crippen molar-refractivity contribution in [2.45, 2.75) is 50.7 Å². The normalized spacial score (nSPS) is 23.7. The number of pyridine rings is 2. The van der Waals surface area contributed by atoms with E-state index in [1.165, 1.54) is 0 Å². The lowest BCUT2D eigenvalue weighted by Crippen LogP contribution is -2.45. The van der Waals surface area contributed by atoms with Gasteiger partial charge >= 0.3 is 0 Å². The molecule has 2 aromatic rings. The summed E-state index contributed by atoms with van der Waals surface area (Å²) in [6, 6.07) is 10.1. The Labute approximate surface area is 218 Å². The minimum atomic E-state index is -0.541. The highest BCUT2D eigenvalue weighted by molar-refractivity contribution is 6.33. The molecule has 2 N–H and O–H groups in total. The van der Waals surface area contributed by atoms with Crippen LogP contribution in [-0.4, -0.2) is 67.3 Å². The smallest absolute Gasteiger partial charge is 0.213 e. The zero-order valence-corrected chi connectivity index (χ0v) is 21.5. The molecule has 8 nitrogen and oxygen atoms in total. The molecule has 4 rings (SSSR count). The van der Waals surface area contributed by atoms with Crippen LogP contribution in [-0.2, 0) is 15.9 Å². The van der Waals surface area contributed by atoms with Gasteiger partial charge < -0.3 is 24.6 Å². The van der Waals surface area contributed by atoms with Gasteiger partial charge in [-0.1, -0.05) is 17.7 Å². The fourth-order valence-electron chi connectivity index (χ4n) is 4.99. The molecule has 3 atom stereocenters. The molecular formula is C27H35ClN4O4. The number of aromatic nitrogens is 2. The lowest BCUT2D eigenvalue weighted by atomic mass is 9.81. The molecular weight excluding hydrogens is 480 g/mol. The second kappa shape index (κ2) is 12.8. The quantitative estimate of drug-likeness (QED) is 0.461. The van der Waals surface area contributed by atoms with E-state index in [2.05, 4.69) is 21.4 Å². The van der Waals surface area contributed by atoms with Crippen molar-refractivity contribution >= 4 is 11.6 Å². The van der Waals surface area contributed by atoms with Crippen LogP contribution in [0.3, 0.4) is 0 Å². The number of ether oxygens (including phenoxy) is 3. The van der Waals surface area contributed by atoms with Crippen molar-refractivity contribution in [3.05, 3.63) is 41.2 Å². The number of hydrogen-bond donors (Lipinski definition) is 2. The van der Waals surface area contributed by atoms with Crippen molar-refractivity contribution in [2.24, 2.45) is 11.3 Å². The third-order valence-corrected chi connectivity index (χ3v) is 7.53. The van der Waals surface area contributed by atoms with Gasteiger partial charge in [0.15, 0.2) is 0 Å². The van der Waals surface area contributed by atoms with Crippen LogP contribution in [0, 0.1) is 22.7 Å². The zero-order valence-electron chi connectivity index (χ0n) is 20.8. The summed E-state index contributed by atoms with van der Waals surface area (Å²) >= 11 is 6.51. The van der Waals surface area contributed by atoms with Gasteiger partial charge in [0.25, 0.3) is 0 Å². The summed E-state index contributed by atoms with van der Waals surface area (Å²) in [6.07, 6.45) is 6.05. The Morgan fingerprint density at radius 2 is 2.14 bits per heavy atom. The van der Waals surface area contributed by atoms with Gasteiger partial charge in [-0.15, -0.1) is 0 Å². The fraction of sp³-hybridized carbons (Fsp3) is 0.593. The number of nitrogens with one attached hydrogen (secondary N) is 1. The zero-order chi connectivity index (χ0) is 25.4. The second-order valence-electron chi connectivity index (χ2n) is 9.81. The molecule has 194 valence electrons. The summed E-state index contributed by atoms with van der Waals surface area (Å²) < 4.78 is 16.5. The Morgan fingerprint density at radius 3 is 2.89 bits per heavy atom. The van der Waals surface area contributed by atoms with Gasteiger partial charge in [0.2, 0.25) is 5.88 Å². The number of nitriles is 1. The van der Waals surface area contributed by atoms with Crippen LogP contribution >= 0.6 is 11.6 Å². The molecule has 3 heterocycles. The number of halogens is 1. The van der Waals surface area contributed by atoms with Crippen molar-refractivity contribution in [1.82, 2.24) is 15.3 Å². The summed E-state index contributed by atoms with van der Waals surface area (Å²) in [5.41, 5.74) is 1.88. The molecule has 1 aliphatic heterocycles. The number of aliphatic hydroxyl groups is 1. The standard InChI is InChI=1S/C27H35ClN4O4/c1-34-12-9-30-24-6-5-19(14-25(24)33)13-20-15-21(22(28)16-31-20)23-3-2-4-26(32-23)36-18-27(17-29)7-10-35-11-8-27/h2-4,15-16,19,24-25,30,33H,5-14,18H2,1H3/t19-,24+,25+/m0/s1. The highest BCUT2D eigenvalue weighted by Crippen LogP contribution is 2.33. The molecule has 0 bridgehead atoms. The number of methoxy groups -OCH3 is 1. The van der Waals surface area contributed by atoms with Crippen LogP contribution in [0.25, 0.3) is 11.3 Å². The van der Waals surface area contributed by atoms with Crippen molar-refractivity contribution in [3.8, 4) is 23.2 Å². The first-order valence-corrected chi connectivity index (χ1v) is 13.0. The molecule has 0 unspecified atom stereocenters. The molecule has 36 heavy (non-hydrogen) atoms. The summed E-state index contributed by atoms with van der Waals surface area (Å²) in [7, 11) is 1.68. The minimum Gasteiger partial charge on any atom is -0.476 e. The molecule has 0 spiro atoms. The highest BCUT2D eigenvalue weighted by atomic mass is 35.5. The van der Waals surface area contributed by atoms with Gasteiger partial charge in [-0.2, -0.15) is 5.26 Å². The molecule has 0 aromatic carbocycles. The average molecular weight is 515 g/mol. The predicted octanol–water partition coefficient (Wildman–Crippen LogP) is 3.80. The van der Waals surface area contributed by atoms with E-state index in [-0.39, 0.29) is 18.8 Å². The fourth-order valence-corrected chi connectivity index (χ4v) is 5.19. The van der Waals surface area contributed by atoms with E-state index < -0.39 is 5.41 Å². The molecule has 9 heteroatoms. The molecule has 2 aromatic heterocycles. The van der Waals surface area contributed by atoms with Gasteiger partial charge in [-0.05, 0) is 56.6 Å². The lowest BCUT2D eigenvalue weighted by molar-refractivity contribution is 0.0183. The number of hydrogen-bond acceptors (Lipinski definition) is 8. The van der Waals surface area contributed by atoms with Crippen molar-refractivity contribution in [3.63, 3.8) is 0 Å². The molecule has 2 fully saturated rings. The number of aliphatic hydroxyl groups excluding tert-OH is 1. The van der Waals surface area contributed by atoms with Gasteiger partial charge in [-0.3, -0.25) is 4.98 Å². The summed E-state index contributed by atoms with van der Waals surface area (Å²) in [4.78, 5) is 9.22. The molecule has 1 saturated heterocycles. The van der Waals surface area contributed by atoms with E-state index in [4.69, 9.17) is 25.8 Å². The van der Waals surface area contributed by atoms with E-state index in [1.54, 1.807) is 19.4 Å². The lowest BCUT2D eigenvalue weighted by Gasteiger charge is -2.33. The van der Waals surface area contributed by atoms with Gasteiger partial charge in [0, 0.05) is 56.4 Å². The Morgan fingerprint density at radius 1 is 1.31 bits per heavy atom. The van der Waals surface area contributed by atoms with Crippen molar-refractivity contribution in [1.29, 1.82) is 5.26 Å². The third kappa shape index (κ3) is 6.93. The first-order chi connectivity index (χ1) is 17.5. The third-order valence-electron chi connectivity index (χ3n) is 7.23. The van der Waals surface area contributed by atoms with Gasteiger partial charge in [0.1, 0.15) is 6.61 Å². The molecule has 1 aliphatic carbocycles. The Kier molecular flexibility index (Phi) is 9.52. The van der Waals surface area contributed by atoms with Crippen LogP contribution in [0.15, 0.2) is 30.5 Å². The topological polar surface area (TPSA) is 110 Å². The Hall–Kier alpha value is -2.28. The first-order valence-electron chi connectivity index (χ1n) is 12.7. The summed E-state index contributed by atoms with van der Waals surface area (Å²) in [5, 5.41) is 24.2. The summed E-state index contributed by atoms with van der Waals surface area (Å²) in [6.45, 7) is 2.81. The molecule has 1 saturated carbocycles. The summed E-state index contributed by atoms with van der Waals surface area (Å²) in [5.74, 6) is 0.816. The van der Waals surface area contributed by atoms with Crippen LogP contribution in [0.4, 0.5) is 0 Å². The van der Waals surface area contributed by atoms with E-state index in [0.717, 1.165) is 43.5 Å². The highest BCUT2D eigenvalue weighted by Gasteiger charge is 2.34. The maximum absolute atomic E-state index is 10.6. The van der Waals surface area contributed by atoms with Crippen molar-refractivity contribution in [2.75, 3.05) is 40.1 Å². The number of nitrogens with zero attached hydrogens (tertiary/aromatic N) is 3. The SMILES string of the molecule is COCCN[C@@H]1CC[C@@H](Cc2cc(-c3cccc(OCC4(C#N)CCOCC4)n3)c(Cl)cn2)C[C@H]1O. The maximum atomic E-state index is 10.6. The second-order valence-corrected chi connectivity index (χ2v) is 10.2. The maximum Gasteiger partial charge on any atom is 0.213 e. The van der Waals surface area contributed by atoms with Crippen LogP contribution in [0.1, 0.15) is 37.8 Å². The van der Waals surface area contributed by atoms with E-state index in [1.807, 2.05) is 18.2 Å². The van der Waals surface area contributed by atoms with Gasteiger partial charge in [-0.25, -0.2) is 4.98 Å². The van der Waals surface area contributed by atoms with Crippen molar-refractivity contribution < 1.29 is 19.3 Å². The predicted molar refractivity (Wildman–Crippen MR) is 137 cm³/mol. The van der Waals surface area contributed by atoms with E-state index in [0.29, 0.717) is 55.2 Å². The van der Waals surface area contributed by atoms with Gasteiger partial charge in [0.05, 0.1) is 34.9 Å². The van der Waals surface area contributed by atoms with Crippen LogP contribution in [0.2, 0.25) is 5.02 Å². The largest absolute Gasteiger partial charge is 0.476 e. The first kappa shape index (κ1) is 26.8. The Bertz CT molecular complexity index is 1040.